The van der Waals surface area contributed by atoms with Crippen LogP contribution in [0.4, 0.5) is 10.9 Å². The van der Waals surface area contributed by atoms with Gasteiger partial charge >= 0.3 is 0 Å². The lowest BCUT2D eigenvalue weighted by Gasteiger charge is -2.01. The highest BCUT2D eigenvalue weighted by molar-refractivity contribution is 7.22. The molecule has 0 aliphatic heterocycles. The molecule has 0 fully saturated rings. The van der Waals surface area contributed by atoms with Crippen molar-refractivity contribution >= 4 is 49.6 Å². The van der Waals surface area contributed by atoms with Crippen LogP contribution in [0.1, 0.15) is 19.8 Å². The van der Waals surface area contributed by atoms with Crippen LogP contribution in [0.5, 0.6) is 0 Å². The van der Waals surface area contributed by atoms with E-state index in [1.54, 1.807) is 6.33 Å². The second-order valence-corrected chi connectivity index (χ2v) is 5.71. The van der Waals surface area contributed by atoms with E-state index in [1.165, 1.54) is 11.3 Å². The molecule has 0 bridgehead atoms. The number of aryl methyl sites for hydroxylation is 1. The Labute approximate surface area is 125 Å². The maximum atomic E-state index is 11.7. The molecular weight excluding hydrogens is 288 g/mol. The highest BCUT2D eigenvalue weighted by Crippen LogP contribution is 2.32. The summed E-state index contributed by atoms with van der Waals surface area (Å²) in [5.74, 6) is 0.694. The summed E-state index contributed by atoms with van der Waals surface area (Å²) in [5.41, 5.74) is 2.46. The molecule has 21 heavy (non-hydrogen) atoms. The molecule has 0 unspecified atom stereocenters. The van der Waals surface area contributed by atoms with E-state index in [2.05, 4.69) is 25.6 Å². The first-order chi connectivity index (χ1) is 10.1. The van der Waals surface area contributed by atoms with Crippen molar-refractivity contribution in [3.8, 4) is 0 Å². The van der Waals surface area contributed by atoms with E-state index in [0.717, 1.165) is 27.8 Å². The summed E-state index contributed by atoms with van der Waals surface area (Å²) < 4.78 is 1.91. The van der Waals surface area contributed by atoms with Gasteiger partial charge < -0.3 is 15.2 Å². The lowest BCUT2D eigenvalue weighted by atomic mass is 10.3. The van der Waals surface area contributed by atoms with Crippen LogP contribution in [-0.2, 0) is 11.8 Å². The number of amides is 1. The van der Waals surface area contributed by atoms with E-state index in [1.807, 2.05) is 25.6 Å². The Morgan fingerprint density at radius 2 is 2.19 bits per heavy atom. The van der Waals surface area contributed by atoms with E-state index in [4.69, 9.17) is 0 Å². The lowest BCUT2D eigenvalue weighted by molar-refractivity contribution is -0.116. The SMILES string of the molecule is CCCC(=O)Nc1nc2c(nc(NC)c3ncn(C)c32)s1. The number of pyridine rings is 1. The van der Waals surface area contributed by atoms with Gasteiger partial charge in [-0.15, -0.1) is 0 Å². The molecule has 0 aliphatic carbocycles. The number of carbonyl (C=O) groups excluding carboxylic acids is 1. The third-order valence-electron chi connectivity index (χ3n) is 3.17. The van der Waals surface area contributed by atoms with Gasteiger partial charge in [-0.2, -0.15) is 0 Å². The van der Waals surface area contributed by atoms with Gasteiger partial charge in [0.05, 0.1) is 6.33 Å². The average Bonchev–Trinajstić information content (AvgIpc) is 3.01. The van der Waals surface area contributed by atoms with Crippen LogP contribution in [0.3, 0.4) is 0 Å². The first kappa shape index (κ1) is 13.7. The van der Waals surface area contributed by atoms with Gasteiger partial charge in [0.15, 0.2) is 10.9 Å². The fourth-order valence-electron chi connectivity index (χ4n) is 2.22. The van der Waals surface area contributed by atoms with Crippen LogP contribution < -0.4 is 10.6 Å². The Hall–Kier alpha value is -2.22. The fraction of sp³-hybridized carbons (Fsp3) is 0.385. The predicted octanol–water partition coefficient (Wildman–Crippen LogP) is 2.36. The second kappa shape index (κ2) is 5.28. The zero-order valence-corrected chi connectivity index (χ0v) is 12.9. The van der Waals surface area contributed by atoms with Gasteiger partial charge in [-0.3, -0.25) is 4.79 Å². The van der Waals surface area contributed by atoms with E-state index in [9.17, 15) is 4.79 Å². The van der Waals surface area contributed by atoms with Gasteiger partial charge in [0, 0.05) is 20.5 Å². The first-order valence-corrected chi connectivity index (χ1v) is 7.54. The Morgan fingerprint density at radius 3 is 2.90 bits per heavy atom. The zero-order valence-electron chi connectivity index (χ0n) is 12.1. The molecule has 2 N–H and O–H groups in total. The Bertz CT molecular complexity index is 821. The van der Waals surface area contributed by atoms with Gasteiger partial charge in [-0.05, 0) is 6.42 Å². The molecule has 3 rings (SSSR count). The van der Waals surface area contributed by atoms with Crippen molar-refractivity contribution in [3.05, 3.63) is 6.33 Å². The van der Waals surface area contributed by atoms with Crippen LogP contribution >= 0.6 is 11.3 Å². The largest absolute Gasteiger partial charge is 0.371 e. The molecule has 0 aromatic carbocycles. The molecule has 0 saturated heterocycles. The maximum absolute atomic E-state index is 11.7. The van der Waals surface area contributed by atoms with Gasteiger partial charge in [0.1, 0.15) is 21.4 Å². The monoisotopic (exact) mass is 304 g/mol. The number of hydrogen-bond acceptors (Lipinski definition) is 6. The number of nitrogens with one attached hydrogen (secondary N) is 2. The van der Waals surface area contributed by atoms with E-state index < -0.39 is 0 Å². The summed E-state index contributed by atoms with van der Waals surface area (Å²) in [6.45, 7) is 1.97. The molecule has 8 heteroatoms. The number of imidazole rings is 1. The Balaban J connectivity index is 2.14. The van der Waals surface area contributed by atoms with Gasteiger partial charge in [-0.25, -0.2) is 15.0 Å². The summed E-state index contributed by atoms with van der Waals surface area (Å²) in [7, 11) is 3.73. The van der Waals surface area contributed by atoms with Crippen molar-refractivity contribution in [1.82, 2.24) is 19.5 Å². The minimum atomic E-state index is -0.0216. The van der Waals surface area contributed by atoms with Crippen molar-refractivity contribution in [2.45, 2.75) is 19.8 Å². The third kappa shape index (κ3) is 2.31. The Kier molecular flexibility index (Phi) is 3.46. The minimum Gasteiger partial charge on any atom is -0.371 e. The molecule has 3 aromatic heterocycles. The first-order valence-electron chi connectivity index (χ1n) is 6.73. The molecule has 110 valence electrons. The van der Waals surface area contributed by atoms with Crippen LogP contribution in [0.2, 0.25) is 0 Å². The van der Waals surface area contributed by atoms with E-state index in [0.29, 0.717) is 17.4 Å². The third-order valence-corrected chi connectivity index (χ3v) is 4.03. The van der Waals surface area contributed by atoms with Crippen molar-refractivity contribution in [2.24, 2.45) is 7.05 Å². The second-order valence-electron chi connectivity index (χ2n) is 4.73. The van der Waals surface area contributed by atoms with Crippen LogP contribution in [0.15, 0.2) is 6.33 Å². The summed E-state index contributed by atoms with van der Waals surface area (Å²) in [4.78, 5) is 25.9. The molecule has 0 saturated carbocycles. The molecular formula is C13H16N6OS. The molecule has 3 heterocycles. The molecule has 1 amide bonds. The topological polar surface area (TPSA) is 84.7 Å². The highest BCUT2D eigenvalue weighted by Gasteiger charge is 2.16. The van der Waals surface area contributed by atoms with Crippen molar-refractivity contribution in [1.29, 1.82) is 0 Å². The number of rotatable bonds is 4. The van der Waals surface area contributed by atoms with Crippen LogP contribution in [-0.4, -0.2) is 32.5 Å². The quantitative estimate of drug-likeness (QED) is 0.773. The molecule has 0 aliphatic rings. The van der Waals surface area contributed by atoms with Gasteiger partial charge in [-0.1, -0.05) is 18.3 Å². The molecule has 3 aromatic rings. The number of fused-ring (bicyclic) bond motifs is 3. The Morgan fingerprint density at radius 1 is 1.38 bits per heavy atom. The van der Waals surface area contributed by atoms with Gasteiger partial charge in [0.25, 0.3) is 0 Å². The summed E-state index contributed by atoms with van der Waals surface area (Å²) in [6, 6.07) is 0. The fourth-order valence-corrected chi connectivity index (χ4v) is 3.08. The smallest absolute Gasteiger partial charge is 0.226 e. The highest BCUT2D eigenvalue weighted by atomic mass is 32.1. The lowest BCUT2D eigenvalue weighted by Crippen LogP contribution is -2.10. The van der Waals surface area contributed by atoms with Gasteiger partial charge in [0.2, 0.25) is 5.91 Å². The van der Waals surface area contributed by atoms with Crippen molar-refractivity contribution < 1.29 is 4.79 Å². The number of nitrogens with zero attached hydrogens (tertiary/aromatic N) is 4. The maximum Gasteiger partial charge on any atom is 0.226 e. The summed E-state index contributed by atoms with van der Waals surface area (Å²) in [6.07, 6.45) is 3.04. The molecule has 0 spiro atoms. The van der Waals surface area contributed by atoms with Crippen LogP contribution in [0.25, 0.3) is 21.4 Å². The van der Waals surface area contributed by atoms with E-state index >= 15 is 0 Å². The van der Waals surface area contributed by atoms with E-state index in [-0.39, 0.29) is 5.91 Å². The van der Waals surface area contributed by atoms with Crippen molar-refractivity contribution in [3.63, 3.8) is 0 Å². The molecule has 0 radical (unpaired) electrons. The van der Waals surface area contributed by atoms with Crippen LogP contribution in [0, 0.1) is 0 Å². The normalized spacial score (nSPS) is 11.2. The predicted molar refractivity (Wildman–Crippen MR) is 84.8 cm³/mol. The number of carbonyl (C=O) groups is 1. The molecule has 0 atom stereocenters. The van der Waals surface area contributed by atoms with Crippen molar-refractivity contribution in [2.75, 3.05) is 17.7 Å². The minimum absolute atomic E-state index is 0.0216. The standard InChI is InChI=1S/C13H16N6OS/c1-4-5-7(20)16-13-17-9-10-8(15-6-19(10)3)11(14-2)18-12(9)21-13/h6H,4-5H2,1-3H3,(H,14,18)(H,16,17,20). The number of thiazole rings is 1. The summed E-state index contributed by atoms with van der Waals surface area (Å²) >= 11 is 1.37. The zero-order chi connectivity index (χ0) is 15.0. The summed E-state index contributed by atoms with van der Waals surface area (Å²) in [5, 5.41) is 6.45. The molecule has 7 nitrogen and oxygen atoms in total. The number of hydrogen-bond donors (Lipinski definition) is 2. The number of anilines is 2. The average molecular weight is 304 g/mol. The number of aromatic nitrogens is 4.